The van der Waals surface area contributed by atoms with Crippen LogP contribution in [-0.4, -0.2) is 17.4 Å². The number of alkyl halides is 1. The molecule has 0 aliphatic rings. The number of halogens is 1. The van der Waals surface area contributed by atoms with Crippen LogP contribution in [0.2, 0.25) is 0 Å². The van der Waals surface area contributed by atoms with Crippen LogP contribution in [0, 0.1) is 5.92 Å². The summed E-state index contributed by atoms with van der Waals surface area (Å²) >= 11 is 0. The molecule has 0 aromatic rings. The number of rotatable bonds is 6. The zero-order valence-corrected chi connectivity index (χ0v) is 8.29. The molecule has 0 aliphatic heterocycles. The van der Waals surface area contributed by atoms with E-state index < -0.39 is 14.3 Å². The van der Waals surface area contributed by atoms with Crippen LogP contribution in [0.3, 0.4) is 0 Å². The molecule has 12 heavy (non-hydrogen) atoms. The second-order valence-electron chi connectivity index (χ2n) is 3.13. The van der Waals surface area contributed by atoms with E-state index in [2.05, 4.69) is 0 Å². The lowest BCUT2D eigenvalue weighted by molar-refractivity contribution is 0.297. The van der Waals surface area contributed by atoms with Gasteiger partial charge in [-0.3, -0.25) is 4.57 Å². The molecule has 0 aliphatic carbocycles. The van der Waals surface area contributed by atoms with Gasteiger partial charge in [-0.15, -0.1) is 0 Å². The summed E-state index contributed by atoms with van der Waals surface area (Å²) in [4.78, 5) is 8.53. The normalized spacial score (nSPS) is 18.7. The van der Waals surface area contributed by atoms with E-state index in [1.807, 2.05) is 6.92 Å². The first-order valence-electron chi connectivity index (χ1n) is 4.13. The molecule has 0 radical (unpaired) electrons. The van der Waals surface area contributed by atoms with Gasteiger partial charge in [-0.25, -0.2) is 4.39 Å². The lowest BCUT2D eigenvalue weighted by atomic mass is 10.0. The van der Waals surface area contributed by atoms with Crippen molar-refractivity contribution in [1.29, 1.82) is 0 Å². The third-order valence-electron chi connectivity index (χ3n) is 1.79. The molecule has 3 unspecified atom stereocenters. The molecule has 0 spiro atoms. The van der Waals surface area contributed by atoms with Crippen molar-refractivity contribution in [2.45, 2.75) is 32.5 Å². The second-order valence-corrected chi connectivity index (χ2v) is 4.42. The van der Waals surface area contributed by atoms with Crippen molar-refractivity contribution in [1.82, 2.24) is 0 Å². The predicted octanol–water partition coefficient (Wildman–Crippen LogP) is 1.51. The topological polar surface area (TPSA) is 63.3 Å². The van der Waals surface area contributed by atoms with Gasteiger partial charge in [-0.1, -0.05) is 6.92 Å². The van der Waals surface area contributed by atoms with Crippen molar-refractivity contribution in [3.05, 3.63) is 0 Å². The number of hydrogen-bond donors (Lipinski definition) is 2. The molecule has 0 heterocycles. The van der Waals surface area contributed by atoms with Gasteiger partial charge in [-0.2, -0.15) is 0 Å². The van der Waals surface area contributed by atoms with Crippen LogP contribution in [0.5, 0.6) is 0 Å². The summed E-state index contributed by atoms with van der Waals surface area (Å²) in [5, 5.41) is 0. The summed E-state index contributed by atoms with van der Waals surface area (Å²) in [6.45, 7) is 1.94. The van der Waals surface area contributed by atoms with Gasteiger partial charge in [-0.05, 0) is 25.2 Å². The molecule has 0 bridgehead atoms. The molecule has 0 aromatic heterocycles. The van der Waals surface area contributed by atoms with E-state index in [0.29, 0.717) is 25.4 Å². The van der Waals surface area contributed by atoms with Crippen molar-refractivity contribution in [2.75, 3.05) is 6.16 Å². The molecule has 5 heteroatoms. The van der Waals surface area contributed by atoms with E-state index in [0.717, 1.165) is 0 Å². The highest BCUT2D eigenvalue weighted by molar-refractivity contribution is 7.37. The Hall–Kier alpha value is 0.0800. The van der Waals surface area contributed by atoms with Crippen LogP contribution in [0.25, 0.3) is 0 Å². The molecule has 0 amide bonds. The van der Waals surface area contributed by atoms with Gasteiger partial charge in [0.1, 0.15) is 6.30 Å². The van der Waals surface area contributed by atoms with Crippen LogP contribution in [0.4, 0.5) is 4.39 Å². The first kappa shape index (κ1) is 12.1. The summed E-state index contributed by atoms with van der Waals surface area (Å²) in [6.07, 6.45) is 0.799. The maximum atomic E-state index is 12.1. The fraction of sp³-hybridized carbons (Fsp3) is 1.00. The van der Waals surface area contributed by atoms with Crippen LogP contribution in [-0.2, 0) is 4.57 Å². The maximum absolute atomic E-state index is 12.1. The van der Waals surface area contributed by atoms with Crippen LogP contribution >= 0.6 is 8.03 Å². The molecular formula is C7H17FNO2P. The van der Waals surface area contributed by atoms with Crippen molar-refractivity contribution < 1.29 is 13.8 Å². The van der Waals surface area contributed by atoms with Gasteiger partial charge < -0.3 is 10.6 Å². The van der Waals surface area contributed by atoms with E-state index in [-0.39, 0.29) is 5.92 Å². The van der Waals surface area contributed by atoms with Gasteiger partial charge in [0.15, 0.2) is 8.03 Å². The van der Waals surface area contributed by atoms with E-state index in [1.54, 1.807) is 0 Å². The van der Waals surface area contributed by atoms with Crippen molar-refractivity contribution in [2.24, 2.45) is 11.7 Å². The maximum Gasteiger partial charge on any atom is 0.189 e. The Morgan fingerprint density at radius 1 is 1.50 bits per heavy atom. The molecule has 0 aromatic carbocycles. The Bertz CT molecular complexity index is 143. The van der Waals surface area contributed by atoms with E-state index in [4.69, 9.17) is 10.6 Å². The molecule has 74 valence electrons. The van der Waals surface area contributed by atoms with Gasteiger partial charge in [0.25, 0.3) is 0 Å². The van der Waals surface area contributed by atoms with Crippen LogP contribution < -0.4 is 5.73 Å². The highest BCUT2D eigenvalue weighted by atomic mass is 31.1. The Morgan fingerprint density at radius 3 is 2.50 bits per heavy atom. The molecule has 3 nitrogen and oxygen atoms in total. The minimum atomic E-state index is -2.34. The first-order valence-corrected chi connectivity index (χ1v) is 5.70. The highest BCUT2D eigenvalue weighted by Gasteiger charge is 2.06. The molecule has 0 fully saturated rings. The predicted molar refractivity (Wildman–Crippen MR) is 48.2 cm³/mol. The molecular weight excluding hydrogens is 180 g/mol. The van der Waals surface area contributed by atoms with E-state index >= 15 is 0 Å². The molecule has 0 rings (SSSR count). The first-order chi connectivity index (χ1) is 5.52. The summed E-state index contributed by atoms with van der Waals surface area (Å²) in [6, 6.07) is 0. The lowest BCUT2D eigenvalue weighted by Gasteiger charge is -2.09. The second kappa shape index (κ2) is 6.58. The van der Waals surface area contributed by atoms with Gasteiger partial charge in [0.05, 0.1) is 0 Å². The zero-order chi connectivity index (χ0) is 9.56. The number of hydrogen-bond acceptors (Lipinski definition) is 2. The molecule has 0 saturated heterocycles. The van der Waals surface area contributed by atoms with Crippen molar-refractivity contribution in [3.8, 4) is 0 Å². The Morgan fingerprint density at radius 2 is 2.08 bits per heavy atom. The molecule has 0 saturated carbocycles. The van der Waals surface area contributed by atoms with Crippen molar-refractivity contribution >= 4 is 8.03 Å². The monoisotopic (exact) mass is 197 g/mol. The SMILES string of the molecule is CC(CCC(N)F)CC[PH](=O)O. The Kier molecular flexibility index (Phi) is 6.62. The standard InChI is InChI=1S/C7H17FNO2P/c1-6(2-3-7(8)9)4-5-12(10)11/h6-7,12H,2-5,9H2,1H3,(H,10,11). The minimum Gasteiger partial charge on any atom is -0.346 e. The summed E-state index contributed by atoms with van der Waals surface area (Å²) < 4.78 is 22.5. The fourth-order valence-electron chi connectivity index (χ4n) is 0.958. The van der Waals surface area contributed by atoms with Gasteiger partial charge >= 0.3 is 0 Å². The molecule has 3 atom stereocenters. The summed E-state index contributed by atoms with van der Waals surface area (Å²) in [7, 11) is -2.34. The summed E-state index contributed by atoms with van der Waals surface area (Å²) in [5.41, 5.74) is 4.93. The highest BCUT2D eigenvalue weighted by Crippen LogP contribution is 2.20. The van der Waals surface area contributed by atoms with E-state index in [9.17, 15) is 8.96 Å². The third kappa shape index (κ3) is 8.18. The minimum absolute atomic E-state index is 0.285. The zero-order valence-electron chi connectivity index (χ0n) is 7.29. The average Bonchev–Trinajstić information content (AvgIpc) is 1.96. The summed E-state index contributed by atoms with van der Waals surface area (Å²) in [5.74, 6) is 0.285. The van der Waals surface area contributed by atoms with Crippen LogP contribution in [0.15, 0.2) is 0 Å². The van der Waals surface area contributed by atoms with Crippen molar-refractivity contribution in [3.63, 3.8) is 0 Å². The van der Waals surface area contributed by atoms with Gasteiger partial charge in [0, 0.05) is 6.16 Å². The smallest absolute Gasteiger partial charge is 0.189 e. The molecule has 3 N–H and O–H groups in total. The quantitative estimate of drug-likeness (QED) is 0.501. The van der Waals surface area contributed by atoms with E-state index in [1.165, 1.54) is 0 Å². The third-order valence-corrected chi connectivity index (χ3v) is 2.50. The van der Waals surface area contributed by atoms with Gasteiger partial charge in [0.2, 0.25) is 0 Å². The fourth-order valence-corrected chi connectivity index (χ4v) is 1.70. The average molecular weight is 197 g/mol. The Balaban J connectivity index is 3.33. The lowest BCUT2D eigenvalue weighted by Crippen LogP contribution is -2.14. The van der Waals surface area contributed by atoms with Crippen LogP contribution in [0.1, 0.15) is 26.2 Å². The number of nitrogens with two attached hydrogens (primary N) is 1. The largest absolute Gasteiger partial charge is 0.346 e. The Labute approximate surface area is 73.0 Å².